The number of carbonyl (C=O) groups is 1. The number of aromatic nitrogens is 2. The second-order valence-corrected chi connectivity index (χ2v) is 9.80. The van der Waals surface area contributed by atoms with Crippen molar-refractivity contribution in [3.63, 3.8) is 0 Å². The highest BCUT2D eigenvalue weighted by Crippen LogP contribution is 2.27. The van der Waals surface area contributed by atoms with Crippen LogP contribution in [0.5, 0.6) is 5.75 Å². The van der Waals surface area contributed by atoms with Gasteiger partial charge in [-0.25, -0.2) is 4.98 Å². The maximum Gasteiger partial charge on any atom is 0.251 e. The standard InChI is InChI=1S/C29H32ClN3O4.CH4/c1-18(2)37-27-11-10-22(16-25(27)30)29(36)31-23(12-14-34)15-20-6-8-21(9-7-20)26-17-33-13-4-5-24(19(3)35)28(33)32-26;/h4-11,13,16-19,23,34-35H,12,14-15H2,1-3H3,(H,31,36);1H4/t19?,23-;/m1./s1. The van der Waals surface area contributed by atoms with Gasteiger partial charge in [0.15, 0.2) is 0 Å². The van der Waals surface area contributed by atoms with Crippen LogP contribution in [-0.4, -0.2) is 44.3 Å². The Morgan fingerprint density at radius 3 is 2.50 bits per heavy atom. The lowest BCUT2D eigenvalue weighted by atomic mass is 10.0. The lowest BCUT2D eigenvalue weighted by Crippen LogP contribution is -2.37. The summed E-state index contributed by atoms with van der Waals surface area (Å²) in [5.74, 6) is 0.277. The number of pyridine rings is 1. The molecule has 4 rings (SSSR count). The molecule has 0 aliphatic rings. The molecule has 202 valence electrons. The van der Waals surface area contributed by atoms with Crippen molar-refractivity contribution in [1.29, 1.82) is 0 Å². The Morgan fingerprint density at radius 2 is 1.87 bits per heavy atom. The molecule has 2 aromatic heterocycles. The minimum absolute atomic E-state index is 0. The summed E-state index contributed by atoms with van der Waals surface area (Å²) in [4.78, 5) is 17.6. The summed E-state index contributed by atoms with van der Waals surface area (Å²) in [5.41, 5.74) is 4.71. The van der Waals surface area contributed by atoms with Crippen LogP contribution < -0.4 is 10.1 Å². The van der Waals surface area contributed by atoms with Gasteiger partial charge in [0.2, 0.25) is 0 Å². The Hall–Kier alpha value is -3.39. The fourth-order valence-electron chi connectivity index (χ4n) is 4.24. The van der Waals surface area contributed by atoms with Gasteiger partial charge in [-0.15, -0.1) is 0 Å². The maximum atomic E-state index is 12.9. The van der Waals surface area contributed by atoms with E-state index < -0.39 is 6.10 Å². The molecule has 0 fully saturated rings. The lowest BCUT2D eigenvalue weighted by Gasteiger charge is -2.19. The largest absolute Gasteiger partial charge is 0.489 e. The van der Waals surface area contributed by atoms with Crippen LogP contribution in [0, 0.1) is 0 Å². The van der Waals surface area contributed by atoms with E-state index in [1.165, 1.54) is 0 Å². The molecule has 38 heavy (non-hydrogen) atoms. The van der Waals surface area contributed by atoms with Crippen LogP contribution in [0.1, 0.15) is 62.2 Å². The molecule has 4 aromatic rings. The number of nitrogens with zero attached hydrogens (tertiary/aromatic N) is 2. The normalized spacial score (nSPS) is 12.7. The van der Waals surface area contributed by atoms with Crippen LogP contribution in [0.3, 0.4) is 0 Å². The topological polar surface area (TPSA) is 96.1 Å². The van der Waals surface area contributed by atoms with E-state index in [0.717, 1.165) is 28.0 Å². The summed E-state index contributed by atoms with van der Waals surface area (Å²) >= 11 is 6.30. The first-order valence-corrected chi connectivity index (χ1v) is 12.8. The third kappa shape index (κ3) is 6.92. The van der Waals surface area contributed by atoms with Crippen LogP contribution in [0.15, 0.2) is 67.0 Å². The zero-order chi connectivity index (χ0) is 26.5. The number of ether oxygens (including phenoxy) is 1. The third-order valence-corrected chi connectivity index (χ3v) is 6.36. The van der Waals surface area contributed by atoms with Crippen LogP contribution in [-0.2, 0) is 6.42 Å². The number of carbonyl (C=O) groups excluding carboxylic acids is 1. The summed E-state index contributed by atoms with van der Waals surface area (Å²) < 4.78 is 7.55. The predicted molar refractivity (Wildman–Crippen MR) is 152 cm³/mol. The van der Waals surface area contributed by atoms with Gasteiger partial charge in [0.1, 0.15) is 11.4 Å². The van der Waals surface area contributed by atoms with E-state index >= 15 is 0 Å². The zero-order valence-electron chi connectivity index (χ0n) is 21.2. The second-order valence-electron chi connectivity index (χ2n) is 9.39. The average Bonchev–Trinajstić information content (AvgIpc) is 3.30. The van der Waals surface area contributed by atoms with E-state index in [-0.39, 0.29) is 32.1 Å². The molecule has 1 unspecified atom stereocenters. The number of hydrogen-bond acceptors (Lipinski definition) is 5. The molecule has 0 saturated heterocycles. The van der Waals surface area contributed by atoms with Crippen molar-refractivity contribution < 1.29 is 19.7 Å². The molecule has 2 heterocycles. The monoisotopic (exact) mass is 537 g/mol. The molecular weight excluding hydrogens is 502 g/mol. The Balaban J connectivity index is 0.00000400. The van der Waals surface area contributed by atoms with Crippen molar-refractivity contribution in [2.24, 2.45) is 0 Å². The van der Waals surface area contributed by atoms with Gasteiger partial charge < -0.3 is 24.7 Å². The first kappa shape index (κ1) is 29.2. The van der Waals surface area contributed by atoms with Gasteiger partial charge in [0, 0.05) is 41.7 Å². The van der Waals surface area contributed by atoms with E-state index in [1.807, 2.05) is 67.0 Å². The molecule has 0 bridgehead atoms. The van der Waals surface area contributed by atoms with Gasteiger partial charge in [0.05, 0.1) is 22.9 Å². The van der Waals surface area contributed by atoms with Crippen molar-refractivity contribution in [3.8, 4) is 17.0 Å². The van der Waals surface area contributed by atoms with Crippen LogP contribution in [0.25, 0.3) is 16.9 Å². The average molecular weight is 538 g/mol. The molecule has 3 N–H and O–H groups in total. The molecule has 0 aliphatic heterocycles. The molecule has 2 atom stereocenters. The fourth-order valence-corrected chi connectivity index (χ4v) is 4.46. The van der Waals surface area contributed by atoms with Crippen LogP contribution in [0.2, 0.25) is 5.02 Å². The number of nitrogens with one attached hydrogen (secondary N) is 1. The molecule has 2 aromatic carbocycles. The highest BCUT2D eigenvalue weighted by atomic mass is 35.5. The number of fused-ring (bicyclic) bond motifs is 1. The first-order chi connectivity index (χ1) is 17.7. The van der Waals surface area contributed by atoms with Crippen molar-refractivity contribution in [3.05, 3.63) is 88.7 Å². The van der Waals surface area contributed by atoms with Crippen molar-refractivity contribution in [1.82, 2.24) is 14.7 Å². The Labute approximate surface area is 229 Å². The van der Waals surface area contributed by atoms with E-state index in [2.05, 4.69) is 5.32 Å². The number of hydrogen-bond donors (Lipinski definition) is 3. The number of amides is 1. The van der Waals surface area contributed by atoms with E-state index in [1.54, 1.807) is 25.1 Å². The zero-order valence-corrected chi connectivity index (χ0v) is 21.9. The fraction of sp³-hybridized carbons (Fsp3) is 0.333. The Morgan fingerprint density at radius 1 is 1.13 bits per heavy atom. The van der Waals surface area contributed by atoms with E-state index in [0.29, 0.717) is 29.2 Å². The van der Waals surface area contributed by atoms with Gasteiger partial charge in [-0.05, 0) is 63.4 Å². The summed E-state index contributed by atoms with van der Waals surface area (Å²) in [6, 6.07) is 16.5. The molecule has 0 aliphatic carbocycles. The predicted octanol–water partition coefficient (Wildman–Crippen LogP) is 5.85. The molecular formula is C30H36ClN3O4. The first-order valence-electron chi connectivity index (χ1n) is 12.4. The molecule has 8 heteroatoms. The second kappa shape index (κ2) is 12.9. The summed E-state index contributed by atoms with van der Waals surface area (Å²) in [7, 11) is 0. The maximum absolute atomic E-state index is 12.9. The van der Waals surface area contributed by atoms with Crippen molar-refractivity contribution >= 4 is 23.2 Å². The van der Waals surface area contributed by atoms with Crippen molar-refractivity contribution in [2.45, 2.75) is 59.3 Å². The number of imidazole rings is 1. The lowest BCUT2D eigenvalue weighted by molar-refractivity contribution is 0.0930. The van der Waals surface area contributed by atoms with Gasteiger partial charge in [0.25, 0.3) is 5.91 Å². The van der Waals surface area contributed by atoms with Gasteiger partial charge in [-0.2, -0.15) is 0 Å². The number of halogens is 1. The number of aliphatic hydroxyl groups excluding tert-OH is 2. The number of aliphatic hydroxyl groups is 2. The van der Waals surface area contributed by atoms with Crippen molar-refractivity contribution in [2.75, 3.05) is 6.61 Å². The Kier molecular flexibility index (Phi) is 9.91. The summed E-state index contributed by atoms with van der Waals surface area (Å²) in [5, 5.41) is 23.0. The van der Waals surface area contributed by atoms with Gasteiger partial charge >= 0.3 is 0 Å². The van der Waals surface area contributed by atoms with E-state index in [4.69, 9.17) is 21.3 Å². The summed E-state index contributed by atoms with van der Waals surface area (Å²) in [6.45, 7) is 5.50. The minimum atomic E-state index is -0.609. The van der Waals surface area contributed by atoms with Gasteiger partial charge in [-0.3, -0.25) is 4.79 Å². The van der Waals surface area contributed by atoms with Crippen LogP contribution in [0.4, 0.5) is 0 Å². The smallest absolute Gasteiger partial charge is 0.251 e. The number of rotatable bonds is 10. The minimum Gasteiger partial charge on any atom is -0.489 e. The molecule has 0 radical (unpaired) electrons. The Bertz CT molecular complexity index is 1370. The van der Waals surface area contributed by atoms with E-state index in [9.17, 15) is 15.0 Å². The third-order valence-electron chi connectivity index (χ3n) is 6.06. The molecule has 1 amide bonds. The highest BCUT2D eigenvalue weighted by molar-refractivity contribution is 6.32. The number of benzene rings is 2. The highest BCUT2D eigenvalue weighted by Gasteiger charge is 2.17. The molecule has 0 saturated carbocycles. The van der Waals surface area contributed by atoms with Crippen LogP contribution >= 0.6 is 11.6 Å². The molecule has 0 spiro atoms. The quantitative estimate of drug-likeness (QED) is 0.236. The molecule has 7 nitrogen and oxygen atoms in total. The SMILES string of the molecule is C.CC(C)Oc1ccc(C(=O)N[C@H](CCO)Cc2ccc(-c3cn4cccc(C(C)O)c4n3)cc2)cc1Cl. The summed E-state index contributed by atoms with van der Waals surface area (Å²) in [6.07, 6.45) is 4.20. The van der Waals surface area contributed by atoms with Gasteiger partial charge in [-0.1, -0.05) is 49.4 Å².